The van der Waals surface area contributed by atoms with Crippen LogP contribution in [-0.4, -0.2) is 13.2 Å². The summed E-state index contributed by atoms with van der Waals surface area (Å²) in [6.45, 7) is 4.76. The lowest BCUT2D eigenvalue weighted by atomic mass is 10.1. The minimum atomic E-state index is 0.468. The molecule has 1 radical (unpaired) electrons. The van der Waals surface area contributed by atoms with Gasteiger partial charge in [0, 0.05) is 0 Å². The molecule has 2 nitrogen and oxygen atoms in total. The van der Waals surface area contributed by atoms with Crippen molar-refractivity contribution in [3.05, 3.63) is 36.8 Å². The summed E-state index contributed by atoms with van der Waals surface area (Å²) in [5.41, 5.74) is 6.66. The second-order valence-electron chi connectivity index (χ2n) is 2.53. The van der Waals surface area contributed by atoms with E-state index in [1.54, 1.807) is 0 Å². The fourth-order valence-electron chi connectivity index (χ4n) is 1.04. The van der Waals surface area contributed by atoms with Crippen LogP contribution in [0.15, 0.2) is 24.3 Å². The fraction of sp³-hybridized carbons (Fsp3) is 0.300. The fourth-order valence-corrected chi connectivity index (χ4v) is 1.04. The van der Waals surface area contributed by atoms with Crippen LogP contribution in [0.1, 0.15) is 5.56 Å². The Labute approximate surface area is 73.3 Å². The van der Waals surface area contributed by atoms with Gasteiger partial charge in [-0.3, -0.25) is 0 Å². The van der Waals surface area contributed by atoms with Crippen molar-refractivity contribution in [3.63, 3.8) is 0 Å². The molecule has 0 bridgehead atoms. The van der Waals surface area contributed by atoms with Gasteiger partial charge in [-0.15, -0.1) is 0 Å². The largest absolute Gasteiger partial charge is 0.494 e. The van der Waals surface area contributed by atoms with Gasteiger partial charge in [0.1, 0.15) is 5.75 Å². The second-order valence-corrected chi connectivity index (χ2v) is 2.53. The van der Waals surface area contributed by atoms with E-state index in [1.165, 1.54) is 5.56 Å². The molecule has 1 rings (SSSR count). The van der Waals surface area contributed by atoms with Gasteiger partial charge >= 0.3 is 0 Å². The quantitative estimate of drug-likeness (QED) is 0.730. The van der Waals surface area contributed by atoms with Gasteiger partial charge < -0.3 is 10.5 Å². The van der Waals surface area contributed by atoms with Gasteiger partial charge in [-0.05, 0) is 37.6 Å². The third-order valence-corrected chi connectivity index (χ3v) is 1.63. The predicted molar refractivity (Wildman–Crippen MR) is 50.1 cm³/mol. The van der Waals surface area contributed by atoms with Crippen LogP contribution in [0, 0.1) is 6.92 Å². The van der Waals surface area contributed by atoms with Crippen molar-refractivity contribution in [2.75, 3.05) is 13.2 Å². The lowest BCUT2D eigenvalue weighted by Gasteiger charge is -2.03. The van der Waals surface area contributed by atoms with E-state index < -0.39 is 0 Å². The van der Waals surface area contributed by atoms with Gasteiger partial charge in [0.25, 0.3) is 0 Å². The highest BCUT2D eigenvalue weighted by atomic mass is 16.5. The molecule has 0 aliphatic carbocycles. The first kappa shape index (κ1) is 9.07. The Bertz CT molecular complexity index is 193. The number of rotatable bonds is 4. The Morgan fingerprint density at radius 2 is 1.92 bits per heavy atom. The van der Waals surface area contributed by atoms with E-state index in [2.05, 4.69) is 6.92 Å². The van der Waals surface area contributed by atoms with Crippen LogP contribution in [0.4, 0.5) is 0 Å². The van der Waals surface area contributed by atoms with Gasteiger partial charge in [0.2, 0.25) is 0 Å². The number of nitrogens with two attached hydrogens (primary N) is 1. The summed E-state index contributed by atoms with van der Waals surface area (Å²) >= 11 is 0. The minimum absolute atomic E-state index is 0.468. The summed E-state index contributed by atoms with van der Waals surface area (Å²) in [6.07, 6.45) is 0.921. The molecule has 0 fully saturated rings. The van der Waals surface area contributed by atoms with Crippen molar-refractivity contribution >= 4 is 0 Å². The van der Waals surface area contributed by atoms with E-state index >= 15 is 0 Å². The lowest BCUT2D eigenvalue weighted by molar-refractivity contribution is 0.361. The van der Waals surface area contributed by atoms with Crippen molar-refractivity contribution in [1.82, 2.24) is 0 Å². The minimum Gasteiger partial charge on any atom is -0.494 e. The normalized spacial score (nSPS) is 9.83. The molecule has 0 heterocycles. The summed E-state index contributed by atoms with van der Waals surface area (Å²) in [6, 6.07) is 7.93. The average Bonchev–Trinajstić information content (AvgIpc) is 2.09. The summed E-state index contributed by atoms with van der Waals surface area (Å²) in [5.74, 6) is 0.866. The third-order valence-electron chi connectivity index (χ3n) is 1.63. The van der Waals surface area contributed by atoms with Gasteiger partial charge in [-0.2, -0.15) is 0 Å². The molecule has 0 atom stereocenters. The van der Waals surface area contributed by atoms with E-state index in [9.17, 15) is 0 Å². The number of hydrogen-bond donors (Lipinski definition) is 1. The Morgan fingerprint density at radius 1 is 1.25 bits per heavy atom. The first-order chi connectivity index (χ1) is 5.86. The molecule has 0 unspecified atom stereocenters. The highest BCUT2D eigenvalue weighted by molar-refractivity contribution is 5.27. The van der Waals surface area contributed by atoms with Gasteiger partial charge in [-0.1, -0.05) is 12.1 Å². The van der Waals surface area contributed by atoms with Crippen molar-refractivity contribution < 1.29 is 4.74 Å². The van der Waals surface area contributed by atoms with Crippen molar-refractivity contribution in [2.45, 2.75) is 6.42 Å². The zero-order valence-electron chi connectivity index (χ0n) is 7.12. The molecule has 2 N–H and O–H groups in total. The Balaban J connectivity index is 2.58. The first-order valence-corrected chi connectivity index (χ1v) is 4.08. The van der Waals surface area contributed by atoms with Crippen LogP contribution in [0.3, 0.4) is 0 Å². The third kappa shape index (κ3) is 2.55. The highest BCUT2D eigenvalue weighted by Gasteiger charge is 1.92. The lowest BCUT2D eigenvalue weighted by Crippen LogP contribution is -2.02. The van der Waals surface area contributed by atoms with Crippen LogP contribution in [-0.2, 0) is 6.42 Å². The maximum absolute atomic E-state index is 5.42. The summed E-state index contributed by atoms with van der Waals surface area (Å²) < 4.78 is 5.20. The van der Waals surface area contributed by atoms with Crippen molar-refractivity contribution in [1.29, 1.82) is 0 Å². The van der Waals surface area contributed by atoms with E-state index in [4.69, 9.17) is 10.5 Å². The zero-order chi connectivity index (χ0) is 8.81. The maximum Gasteiger partial charge on any atom is 0.119 e. The van der Waals surface area contributed by atoms with E-state index in [0.717, 1.165) is 12.2 Å². The Hall–Kier alpha value is -1.02. The molecule has 0 aliphatic heterocycles. The summed E-state index contributed by atoms with van der Waals surface area (Å²) in [7, 11) is 0. The average molecular weight is 164 g/mol. The second kappa shape index (κ2) is 4.78. The van der Waals surface area contributed by atoms with E-state index in [0.29, 0.717) is 13.2 Å². The zero-order valence-corrected chi connectivity index (χ0v) is 7.12. The SMILES string of the molecule is [CH2]COc1ccc(CCN)cc1. The van der Waals surface area contributed by atoms with Crippen LogP contribution in [0.2, 0.25) is 0 Å². The molecule has 65 valence electrons. The predicted octanol–water partition coefficient (Wildman–Crippen LogP) is 1.40. The summed E-state index contributed by atoms with van der Waals surface area (Å²) in [4.78, 5) is 0. The van der Waals surface area contributed by atoms with E-state index in [-0.39, 0.29) is 0 Å². The Morgan fingerprint density at radius 3 is 2.42 bits per heavy atom. The molecule has 1 aromatic rings. The monoisotopic (exact) mass is 164 g/mol. The number of hydrogen-bond acceptors (Lipinski definition) is 2. The number of ether oxygens (including phenoxy) is 1. The molecule has 0 spiro atoms. The first-order valence-electron chi connectivity index (χ1n) is 4.08. The van der Waals surface area contributed by atoms with Crippen LogP contribution in [0.25, 0.3) is 0 Å². The maximum atomic E-state index is 5.42. The molecule has 12 heavy (non-hydrogen) atoms. The van der Waals surface area contributed by atoms with E-state index in [1.807, 2.05) is 24.3 Å². The molecule has 0 saturated heterocycles. The molecular weight excluding hydrogens is 150 g/mol. The highest BCUT2D eigenvalue weighted by Crippen LogP contribution is 2.11. The standard InChI is InChI=1S/C10H14NO/c1-2-12-10-5-3-9(4-6-10)7-8-11/h3-6H,1-2,7-8,11H2. The van der Waals surface area contributed by atoms with Crippen molar-refractivity contribution in [2.24, 2.45) is 5.73 Å². The molecule has 2 heteroatoms. The van der Waals surface area contributed by atoms with Crippen molar-refractivity contribution in [3.8, 4) is 5.75 Å². The smallest absolute Gasteiger partial charge is 0.119 e. The number of benzene rings is 1. The molecule has 0 saturated carbocycles. The molecular formula is C10H14NO. The Kier molecular flexibility index (Phi) is 3.61. The molecule has 0 amide bonds. The van der Waals surface area contributed by atoms with Crippen LogP contribution < -0.4 is 10.5 Å². The van der Waals surface area contributed by atoms with Gasteiger partial charge in [-0.25, -0.2) is 0 Å². The topological polar surface area (TPSA) is 35.2 Å². The van der Waals surface area contributed by atoms with Crippen LogP contribution in [0.5, 0.6) is 5.75 Å². The van der Waals surface area contributed by atoms with Crippen LogP contribution >= 0.6 is 0 Å². The molecule has 0 aliphatic rings. The summed E-state index contributed by atoms with van der Waals surface area (Å²) in [5, 5.41) is 0. The molecule has 0 aromatic heterocycles. The van der Waals surface area contributed by atoms with Gasteiger partial charge in [0.15, 0.2) is 0 Å². The molecule has 1 aromatic carbocycles. The van der Waals surface area contributed by atoms with Gasteiger partial charge in [0.05, 0.1) is 6.61 Å².